The summed E-state index contributed by atoms with van der Waals surface area (Å²) in [4.78, 5) is 18.7. The topological polar surface area (TPSA) is 63.6 Å². The molecular weight excluding hydrogens is 314 g/mol. The van der Waals surface area contributed by atoms with Crippen molar-refractivity contribution >= 4 is 46.0 Å². The van der Waals surface area contributed by atoms with E-state index in [1.54, 1.807) is 0 Å². The van der Waals surface area contributed by atoms with Gasteiger partial charge in [-0.1, -0.05) is 49.9 Å². The van der Waals surface area contributed by atoms with Gasteiger partial charge in [0, 0.05) is 13.5 Å². The Kier molecular flexibility index (Phi) is 25.7. The minimum atomic E-state index is -1.04. The molecule has 0 saturated heterocycles. The number of rotatable bonds is 6. The van der Waals surface area contributed by atoms with Crippen molar-refractivity contribution in [3.63, 3.8) is 0 Å². The molecule has 0 aliphatic carbocycles. The minimum absolute atomic E-state index is 0.344. The Morgan fingerprint density at radius 1 is 1.16 bits per heavy atom. The molecule has 0 amide bonds. The van der Waals surface area contributed by atoms with Crippen LogP contribution in [0.2, 0.25) is 0 Å². The monoisotopic (exact) mass is 336 g/mol. The summed E-state index contributed by atoms with van der Waals surface area (Å²) in [5.74, 6) is -0.559. The molecule has 0 aliphatic rings. The predicted octanol–water partition coefficient (Wildman–Crippen LogP) is 3.68. The summed E-state index contributed by atoms with van der Waals surface area (Å²) in [6.07, 6.45) is 3.88. The number of hydrogen-bond acceptors (Lipinski definition) is 4. The zero-order valence-corrected chi connectivity index (χ0v) is 13.9. The van der Waals surface area contributed by atoms with E-state index in [9.17, 15) is 9.59 Å². The highest BCUT2D eigenvalue weighted by atomic mass is 35.5. The van der Waals surface area contributed by atoms with Gasteiger partial charge in [0.05, 0.1) is 6.61 Å². The van der Waals surface area contributed by atoms with Crippen LogP contribution in [0.1, 0.15) is 46.5 Å². The van der Waals surface area contributed by atoms with Crippen LogP contribution >= 0.6 is 34.8 Å². The molecule has 0 saturated carbocycles. The van der Waals surface area contributed by atoms with Gasteiger partial charge >= 0.3 is 5.97 Å². The van der Waals surface area contributed by atoms with Gasteiger partial charge < -0.3 is 9.84 Å². The third-order valence-electron chi connectivity index (χ3n) is 1.43. The van der Waals surface area contributed by atoms with Crippen LogP contribution < -0.4 is 0 Å². The van der Waals surface area contributed by atoms with Gasteiger partial charge in [-0.3, -0.25) is 4.79 Å². The Balaban J connectivity index is -0.000000238. The first kappa shape index (κ1) is 24.0. The maximum Gasteiger partial charge on any atom is 0.339 e. The van der Waals surface area contributed by atoms with E-state index < -0.39 is 10.8 Å². The van der Waals surface area contributed by atoms with Crippen LogP contribution in [0.3, 0.4) is 0 Å². The van der Waals surface area contributed by atoms with E-state index in [2.05, 4.69) is 23.3 Å². The van der Waals surface area contributed by atoms with E-state index in [1.165, 1.54) is 6.92 Å². The number of halogens is 3. The first-order valence-electron chi connectivity index (χ1n) is 6.05. The highest BCUT2D eigenvalue weighted by Gasteiger charge is 2.11. The SMILES string of the molecule is CC(=O)Cl.CCCCO.CCCCOC(=O)C(Cl)Cl. The molecule has 1 N–H and O–H groups in total. The first-order valence-corrected chi connectivity index (χ1v) is 7.30. The third kappa shape index (κ3) is 38.1. The molecular formula is C12H23Cl3O4. The number of aliphatic hydroxyl groups excluding tert-OH is 1. The number of aliphatic hydroxyl groups is 1. The van der Waals surface area contributed by atoms with Crippen LogP contribution in [-0.2, 0) is 14.3 Å². The summed E-state index contributed by atoms with van der Waals surface area (Å²) < 4.78 is 4.64. The van der Waals surface area contributed by atoms with Crippen LogP contribution in [0.4, 0.5) is 0 Å². The van der Waals surface area contributed by atoms with Crippen LogP contribution in [-0.4, -0.2) is 34.4 Å². The molecule has 0 bridgehead atoms. The van der Waals surface area contributed by atoms with E-state index in [1.807, 2.05) is 6.92 Å². The van der Waals surface area contributed by atoms with Gasteiger partial charge in [-0.15, -0.1) is 0 Å². The van der Waals surface area contributed by atoms with Gasteiger partial charge in [0.1, 0.15) is 0 Å². The fourth-order valence-electron chi connectivity index (χ4n) is 0.538. The maximum atomic E-state index is 10.5. The quantitative estimate of drug-likeness (QED) is 0.347. The summed E-state index contributed by atoms with van der Waals surface area (Å²) in [6.45, 7) is 6.10. The molecule has 19 heavy (non-hydrogen) atoms. The highest BCUT2D eigenvalue weighted by molar-refractivity contribution is 6.62. The molecule has 0 aromatic heterocycles. The zero-order valence-electron chi connectivity index (χ0n) is 11.6. The Morgan fingerprint density at radius 3 is 1.79 bits per heavy atom. The van der Waals surface area contributed by atoms with Gasteiger partial charge in [0.15, 0.2) is 0 Å². The zero-order chi connectivity index (χ0) is 15.7. The second-order valence-corrected chi connectivity index (χ2v) is 5.00. The van der Waals surface area contributed by atoms with E-state index >= 15 is 0 Å². The first-order chi connectivity index (χ1) is 8.83. The molecule has 0 radical (unpaired) electrons. The van der Waals surface area contributed by atoms with Gasteiger partial charge in [0.25, 0.3) is 0 Å². The highest BCUT2D eigenvalue weighted by Crippen LogP contribution is 2.04. The Hall–Kier alpha value is -0.0300. The fraction of sp³-hybridized carbons (Fsp3) is 0.833. The second kappa shape index (κ2) is 20.3. The predicted molar refractivity (Wildman–Crippen MR) is 79.9 cm³/mol. The molecule has 0 aliphatic heterocycles. The van der Waals surface area contributed by atoms with Gasteiger partial charge in [0.2, 0.25) is 10.1 Å². The average Bonchev–Trinajstić information content (AvgIpc) is 2.30. The van der Waals surface area contributed by atoms with Gasteiger partial charge in [-0.2, -0.15) is 0 Å². The number of carbonyl (C=O) groups is 2. The molecule has 0 aromatic carbocycles. The molecule has 0 atom stereocenters. The summed E-state index contributed by atoms with van der Waals surface area (Å²) in [5.41, 5.74) is 0. The fourth-order valence-corrected chi connectivity index (χ4v) is 0.664. The van der Waals surface area contributed by atoms with Gasteiger partial charge in [-0.25, -0.2) is 4.79 Å². The molecule has 0 heterocycles. The van der Waals surface area contributed by atoms with Crippen molar-refractivity contribution in [1.82, 2.24) is 0 Å². The lowest BCUT2D eigenvalue weighted by Crippen LogP contribution is -2.12. The summed E-state index contributed by atoms with van der Waals surface area (Å²) >= 11 is 15.0. The lowest BCUT2D eigenvalue weighted by Gasteiger charge is -2.02. The standard InChI is InChI=1S/C6H10Cl2O2.C4H10O.C2H3ClO/c1-2-3-4-10-6(9)5(7)8;1-2-3-4-5;1-2(3)4/h5H,2-4H2,1H3;5H,2-4H2,1H3;1H3. The van der Waals surface area contributed by atoms with Crippen LogP contribution in [0.5, 0.6) is 0 Å². The molecule has 0 fully saturated rings. The lowest BCUT2D eigenvalue weighted by atomic mass is 10.4. The number of unbranched alkanes of at least 4 members (excludes halogenated alkanes) is 2. The van der Waals surface area contributed by atoms with Crippen molar-refractivity contribution in [2.75, 3.05) is 13.2 Å². The van der Waals surface area contributed by atoms with Crippen molar-refractivity contribution in [1.29, 1.82) is 0 Å². The van der Waals surface area contributed by atoms with E-state index in [4.69, 9.17) is 28.3 Å². The number of esters is 1. The Labute approximate surface area is 130 Å². The summed E-state index contributed by atoms with van der Waals surface area (Å²) in [5, 5.41) is 7.71. The normalized spacial score (nSPS) is 8.84. The van der Waals surface area contributed by atoms with Crippen molar-refractivity contribution in [2.45, 2.75) is 51.3 Å². The van der Waals surface area contributed by atoms with E-state index in [0.29, 0.717) is 13.2 Å². The summed E-state index contributed by atoms with van der Waals surface area (Å²) in [6, 6.07) is 0. The molecule has 4 nitrogen and oxygen atoms in total. The van der Waals surface area contributed by atoms with Crippen LogP contribution in [0.25, 0.3) is 0 Å². The van der Waals surface area contributed by atoms with Crippen LogP contribution in [0, 0.1) is 0 Å². The minimum Gasteiger partial charge on any atom is -0.464 e. The van der Waals surface area contributed by atoms with E-state index in [0.717, 1.165) is 25.7 Å². The van der Waals surface area contributed by atoms with E-state index in [-0.39, 0.29) is 5.24 Å². The van der Waals surface area contributed by atoms with Crippen molar-refractivity contribution in [3.05, 3.63) is 0 Å². The number of ether oxygens (including phenoxy) is 1. The second-order valence-electron chi connectivity index (χ2n) is 3.37. The lowest BCUT2D eigenvalue weighted by molar-refractivity contribution is -0.141. The molecule has 116 valence electrons. The number of carbonyl (C=O) groups excluding carboxylic acids is 2. The van der Waals surface area contributed by atoms with Crippen molar-refractivity contribution in [2.24, 2.45) is 0 Å². The molecule has 0 rings (SSSR count). The smallest absolute Gasteiger partial charge is 0.339 e. The Morgan fingerprint density at radius 2 is 1.58 bits per heavy atom. The molecule has 0 unspecified atom stereocenters. The van der Waals surface area contributed by atoms with Crippen molar-refractivity contribution < 1.29 is 19.4 Å². The van der Waals surface area contributed by atoms with Crippen LogP contribution in [0.15, 0.2) is 0 Å². The molecule has 7 heteroatoms. The largest absolute Gasteiger partial charge is 0.464 e. The third-order valence-corrected chi connectivity index (χ3v) is 1.79. The van der Waals surface area contributed by atoms with Crippen molar-refractivity contribution in [3.8, 4) is 0 Å². The average molecular weight is 338 g/mol. The number of alkyl halides is 2. The summed E-state index contributed by atoms with van der Waals surface area (Å²) in [7, 11) is 0. The Bertz CT molecular complexity index is 205. The molecule has 0 aromatic rings. The maximum absolute atomic E-state index is 10.5. The number of hydrogen-bond donors (Lipinski definition) is 1. The molecule has 0 spiro atoms. The van der Waals surface area contributed by atoms with Gasteiger partial charge in [-0.05, 0) is 24.4 Å².